The fourth-order valence-electron chi connectivity index (χ4n) is 3.61. The van der Waals surface area contributed by atoms with Crippen molar-refractivity contribution in [1.82, 2.24) is 0 Å². The molecule has 2 aromatic rings. The molecule has 5 nitrogen and oxygen atoms in total. The molecule has 2 aromatic carbocycles. The van der Waals surface area contributed by atoms with Crippen LogP contribution < -0.4 is 0 Å². The monoisotopic (exact) mass is 391 g/mol. The van der Waals surface area contributed by atoms with E-state index in [1.54, 1.807) is 12.1 Å². The zero-order valence-electron chi connectivity index (χ0n) is 16.2. The zero-order chi connectivity index (χ0) is 20.1. The minimum atomic E-state index is -4.27. The van der Waals surface area contributed by atoms with Gasteiger partial charge in [-0.25, -0.2) is 8.42 Å². The number of benzene rings is 2. The van der Waals surface area contributed by atoms with Crippen LogP contribution in [0.4, 0.5) is 0 Å². The third kappa shape index (κ3) is 6.43. The summed E-state index contributed by atoms with van der Waals surface area (Å²) in [5.74, 6) is 0.948. The molecule has 0 spiro atoms. The van der Waals surface area contributed by atoms with Gasteiger partial charge in [0, 0.05) is 12.3 Å². The van der Waals surface area contributed by atoms with E-state index in [4.69, 9.17) is 0 Å². The first-order valence-corrected chi connectivity index (χ1v) is 10.5. The summed E-state index contributed by atoms with van der Waals surface area (Å²) in [6.45, 7) is 4.41. The van der Waals surface area contributed by atoms with Crippen molar-refractivity contribution in [2.75, 3.05) is 33.8 Å². The van der Waals surface area contributed by atoms with Gasteiger partial charge in [0.15, 0.2) is 0 Å². The van der Waals surface area contributed by atoms with E-state index >= 15 is 0 Å². The summed E-state index contributed by atoms with van der Waals surface area (Å²) < 4.78 is 32.2. The van der Waals surface area contributed by atoms with Gasteiger partial charge in [0.2, 0.25) is 0 Å². The van der Waals surface area contributed by atoms with E-state index < -0.39 is 10.1 Å². The molecule has 0 amide bonds. The van der Waals surface area contributed by atoms with Crippen LogP contribution in [0, 0.1) is 12.8 Å². The lowest BCUT2D eigenvalue weighted by Crippen LogP contribution is -2.50. The van der Waals surface area contributed by atoms with Gasteiger partial charge in [-0.1, -0.05) is 48.0 Å². The van der Waals surface area contributed by atoms with E-state index in [9.17, 15) is 18.1 Å². The number of aliphatic hydroxyl groups excluding tert-OH is 1. The van der Waals surface area contributed by atoms with Crippen molar-refractivity contribution in [2.45, 2.75) is 24.2 Å². The molecule has 2 unspecified atom stereocenters. The molecule has 3 rings (SSSR count). The number of piperidine rings is 1. The lowest BCUT2D eigenvalue weighted by Gasteiger charge is -2.42. The summed E-state index contributed by atoms with van der Waals surface area (Å²) >= 11 is 0. The minimum absolute atomic E-state index is 0.178. The van der Waals surface area contributed by atoms with Crippen molar-refractivity contribution < 1.29 is 22.6 Å². The first kappa shape index (κ1) is 21.6. The maximum absolute atomic E-state index is 10.4. The standard InChI is InChI=1S/C14H22NO.C7H8O3S/c1-15(2)9-8-14(13(10-15)11-16)12-6-4-3-5-7-12;1-6-2-4-7(5-3-6)11(8,9)10/h3-7,13-14,16H,8-11H2,1-2H3;2-5H,1H3,(H,8,9,10)/q+1;/p-1. The van der Waals surface area contributed by atoms with Crippen LogP contribution in [-0.4, -0.2) is 56.4 Å². The Morgan fingerprint density at radius 3 is 2.19 bits per heavy atom. The Labute approximate surface area is 162 Å². The minimum Gasteiger partial charge on any atom is -0.744 e. The molecule has 1 N–H and O–H groups in total. The number of quaternary nitrogens is 1. The summed E-state index contributed by atoms with van der Waals surface area (Å²) in [5, 5.41) is 9.54. The number of hydrogen-bond donors (Lipinski definition) is 1. The maximum atomic E-state index is 10.4. The van der Waals surface area contributed by atoms with Gasteiger partial charge in [-0.3, -0.25) is 0 Å². The second kappa shape index (κ2) is 8.97. The van der Waals surface area contributed by atoms with Gasteiger partial charge in [-0.05, 0) is 30.5 Å². The lowest BCUT2D eigenvalue weighted by atomic mass is 9.80. The Kier molecular flexibility index (Phi) is 7.17. The number of likely N-dealkylation sites (tertiary alicyclic amines) is 1. The predicted octanol–water partition coefficient (Wildman–Crippen LogP) is 2.76. The summed E-state index contributed by atoms with van der Waals surface area (Å²) in [6, 6.07) is 16.4. The van der Waals surface area contributed by atoms with E-state index in [0.29, 0.717) is 18.4 Å². The van der Waals surface area contributed by atoms with Crippen LogP contribution in [0.15, 0.2) is 59.5 Å². The zero-order valence-corrected chi connectivity index (χ0v) is 17.0. The molecule has 0 aliphatic carbocycles. The van der Waals surface area contributed by atoms with Crippen LogP contribution in [0.2, 0.25) is 0 Å². The topological polar surface area (TPSA) is 77.4 Å². The molecule has 0 aromatic heterocycles. The average Bonchev–Trinajstić information content (AvgIpc) is 2.62. The van der Waals surface area contributed by atoms with Crippen LogP contribution in [0.25, 0.3) is 0 Å². The molecule has 2 atom stereocenters. The second-order valence-electron chi connectivity index (χ2n) is 7.86. The molecule has 1 fully saturated rings. The second-order valence-corrected chi connectivity index (χ2v) is 9.24. The van der Waals surface area contributed by atoms with Crippen molar-refractivity contribution in [3.8, 4) is 0 Å². The van der Waals surface area contributed by atoms with E-state index in [1.807, 2.05) is 6.92 Å². The molecule has 1 saturated heterocycles. The maximum Gasteiger partial charge on any atom is 0.124 e. The molecular formula is C21H29NO4S. The van der Waals surface area contributed by atoms with Crippen LogP contribution in [-0.2, 0) is 10.1 Å². The van der Waals surface area contributed by atoms with Gasteiger partial charge in [-0.15, -0.1) is 0 Å². The third-order valence-electron chi connectivity index (χ3n) is 5.12. The third-order valence-corrected chi connectivity index (χ3v) is 5.96. The molecule has 1 heterocycles. The van der Waals surface area contributed by atoms with Gasteiger partial charge in [0.05, 0.1) is 38.7 Å². The molecular weight excluding hydrogens is 362 g/mol. The SMILES string of the molecule is C[N+]1(C)CCC(c2ccccc2)C(CO)C1.Cc1ccc(S(=O)(=O)[O-])cc1. The van der Waals surface area contributed by atoms with E-state index in [1.165, 1.54) is 30.7 Å². The summed E-state index contributed by atoms with van der Waals surface area (Å²) in [6.07, 6.45) is 1.18. The Morgan fingerprint density at radius 1 is 1.07 bits per heavy atom. The van der Waals surface area contributed by atoms with Gasteiger partial charge in [0.25, 0.3) is 0 Å². The smallest absolute Gasteiger partial charge is 0.124 e. The predicted molar refractivity (Wildman–Crippen MR) is 105 cm³/mol. The highest BCUT2D eigenvalue weighted by Crippen LogP contribution is 2.34. The average molecular weight is 392 g/mol. The highest BCUT2D eigenvalue weighted by Gasteiger charge is 2.35. The van der Waals surface area contributed by atoms with Gasteiger partial charge >= 0.3 is 0 Å². The van der Waals surface area contributed by atoms with Crippen molar-refractivity contribution in [2.24, 2.45) is 5.92 Å². The number of aryl methyl sites for hydroxylation is 1. The fraction of sp³-hybridized carbons (Fsp3) is 0.429. The number of nitrogens with zero attached hydrogens (tertiary/aromatic N) is 1. The molecule has 148 valence electrons. The Hall–Kier alpha value is -1.73. The summed E-state index contributed by atoms with van der Waals surface area (Å²) in [5.41, 5.74) is 2.32. The first-order chi connectivity index (χ1) is 12.6. The van der Waals surface area contributed by atoms with Gasteiger partial charge < -0.3 is 14.1 Å². The molecule has 27 heavy (non-hydrogen) atoms. The Morgan fingerprint density at radius 2 is 1.67 bits per heavy atom. The van der Waals surface area contributed by atoms with Gasteiger partial charge in [0.1, 0.15) is 10.1 Å². The molecule has 1 aliphatic heterocycles. The number of aliphatic hydroxyl groups is 1. The molecule has 1 aliphatic rings. The molecule has 0 radical (unpaired) electrons. The highest BCUT2D eigenvalue weighted by atomic mass is 32.2. The van der Waals surface area contributed by atoms with E-state index in [-0.39, 0.29) is 4.90 Å². The molecule has 0 saturated carbocycles. The van der Waals surface area contributed by atoms with Crippen LogP contribution in [0.3, 0.4) is 0 Å². The quantitative estimate of drug-likeness (QED) is 0.645. The van der Waals surface area contributed by atoms with Crippen LogP contribution >= 0.6 is 0 Å². The van der Waals surface area contributed by atoms with Crippen molar-refractivity contribution in [3.63, 3.8) is 0 Å². The van der Waals surface area contributed by atoms with Crippen molar-refractivity contribution >= 4 is 10.1 Å². The fourth-order valence-corrected chi connectivity index (χ4v) is 4.08. The van der Waals surface area contributed by atoms with Crippen LogP contribution in [0.1, 0.15) is 23.5 Å². The molecule has 6 heteroatoms. The number of hydrogen-bond acceptors (Lipinski definition) is 4. The van der Waals surface area contributed by atoms with Crippen molar-refractivity contribution in [3.05, 3.63) is 65.7 Å². The number of rotatable bonds is 3. The first-order valence-electron chi connectivity index (χ1n) is 9.13. The van der Waals surface area contributed by atoms with E-state index in [0.717, 1.165) is 16.6 Å². The molecule has 0 bridgehead atoms. The lowest BCUT2D eigenvalue weighted by molar-refractivity contribution is -0.899. The summed E-state index contributed by atoms with van der Waals surface area (Å²) in [4.78, 5) is -0.178. The normalized spacial score (nSPS) is 21.8. The van der Waals surface area contributed by atoms with Gasteiger partial charge in [-0.2, -0.15) is 0 Å². The highest BCUT2D eigenvalue weighted by molar-refractivity contribution is 7.85. The van der Waals surface area contributed by atoms with Crippen molar-refractivity contribution in [1.29, 1.82) is 0 Å². The Balaban J connectivity index is 0.000000208. The Bertz CT molecular complexity index is 817. The van der Waals surface area contributed by atoms with Crippen LogP contribution in [0.5, 0.6) is 0 Å². The summed E-state index contributed by atoms with van der Waals surface area (Å²) in [7, 11) is 0.238. The largest absolute Gasteiger partial charge is 0.744 e. The van der Waals surface area contributed by atoms with E-state index in [2.05, 4.69) is 44.4 Å².